The zero-order valence-corrected chi connectivity index (χ0v) is 8.10. The third kappa shape index (κ3) is 2.30. The van der Waals surface area contributed by atoms with E-state index in [0.29, 0.717) is 6.54 Å². The van der Waals surface area contributed by atoms with Gasteiger partial charge < -0.3 is 10.8 Å². The van der Waals surface area contributed by atoms with Gasteiger partial charge in [-0.05, 0) is 17.9 Å². The number of hydrogen-bond acceptors (Lipinski definition) is 3. The normalized spacial score (nSPS) is 15.9. The molecule has 0 aliphatic carbocycles. The molecule has 1 aromatic rings. The summed E-state index contributed by atoms with van der Waals surface area (Å²) in [6.45, 7) is 2.69. The zero-order chi connectivity index (χ0) is 9.03. The molecule has 1 rings (SSSR count). The minimum atomic E-state index is -0.148. The van der Waals surface area contributed by atoms with Crippen LogP contribution in [0.3, 0.4) is 0 Å². The molecule has 0 bridgehead atoms. The lowest BCUT2D eigenvalue weighted by Gasteiger charge is -2.24. The molecule has 0 saturated carbocycles. The average molecular weight is 185 g/mol. The van der Waals surface area contributed by atoms with Crippen molar-refractivity contribution in [2.24, 2.45) is 11.1 Å². The largest absolute Gasteiger partial charge is 0.396 e. The van der Waals surface area contributed by atoms with E-state index >= 15 is 0 Å². The molecule has 12 heavy (non-hydrogen) atoms. The van der Waals surface area contributed by atoms with Gasteiger partial charge in [0.1, 0.15) is 0 Å². The first-order valence-electron chi connectivity index (χ1n) is 4.03. The van der Waals surface area contributed by atoms with Crippen molar-refractivity contribution in [2.45, 2.75) is 13.3 Å². The van der Waals surface area contributed by atoms with E-state index in [1.165, 1.54) is 4.88 Å². The summed E-state index contributed by atoms with van der Waals surface area (Å²) >= 11 is 1.71. The molecule has 0 spiro atoms. The minimum absolute atomic E-state index is 0.148. The Hall–Kier alpha value is -0.380. The van der Waals surface area contributed by atoms with Crippen LogP contribution >= 0.6 is 11.3 Å². The third-order valence-corrected chi connectivity index (χ3v) is 2.93. The maximum Gasteiger partial charge on any atom is 0.0500 e. The van der Waals surface area contributed by atoms with Gasteiger partial charge in [0.25, 0.3) is 0 Å². The molecule has 3 heteroatoms. The summed E-state index contributed by atoms with van der Waals surface area (Å²) in [6.07, 6.45) is 0.873. The number of rotatable bonds is 4. The Labute approximate surface area is 77.0 Å². The molecule has 0 aliphatic heterocycles. The molecule has 1 heterocycles. The monoisotopic (exact) mass is 185 g/mol. The van der Waals surface area contributed by atoms with Crippen LogP contribution in [-0.2, 0) is 6.42 Å². The predicted octanol–water partition coefficient (Wildman–Crippen LogP) is 1.25. The molecule has 68 valence electrons. The highest BCUT2D eigenvalue weighted by atomic mass is 32.1. The van der Waals surface area contributed by atoms with Gasteiger partial charge >= 0.3 is 0 Å². The van der Waals surface area contributed by atoms with Crippen molar-refractivity contribution in [1.29, 1.82) is 0 Å². The summed E-state index contributed by atoms with van der Waals surface area (Å²) in [5.41, 5.74) is 5.43. The molecule has 0 saturated heterocycles. The lowest BCUT2D eigenvalue weighted by molar-refractivity contribution is 0.150. The van der Waals surface area contributed by atoms with Gasteiger partial charge in [-0.2, -0.15) is 0 Å². The third-order valence-electron chi connectivity index (χ3n) is 2.06. The Morgan fingerprint density at radius 3 is 2.83 bits per heavy atom. The Morgan fingerprint density at radius 2 is 2.42 bits per heavy atom. The van der Waals surface area contributed by atoms with E-state index in [1.807, 2.05) is 18.4 Å². The lowest BCUT2D eigenvalue weighted by Crippen LogP contribution is -2.32. The van der Waals surface area contributed by atoms with Crippen molar-refractivity contribution in [3.63, 3.8) is 0 Å². The van der Waals surface area contributed by atoms with Gasteiger partial charge in [-0.15, -0.1) is 11.3 Å². The van der Waals surface area contributed by atoms with Crippen molar-refractivity contribution in [3.8, 4) is 0 Å². The second kappa shape index (κ2) is 4.03. The molecular formula is C9H15NOS. The van der Waals surface area contributed by atoms with Crippen molar-refractivity contribution in [2.75, 3.05) is 13.2 Å². The fraction of sp³-hybridized carbons (Fsp3) is 0.556. The lowest BCUT2D eigenvalue weighted by atomic mass is 9.87. The van der Waals surface area contributed by atoms with Crippen LogP contribution in [0.15, 0.2) is 17.5 Å². The second-order valence-corrected chi connectivity index (χ2v) is 4.46. The average Bonchev–Trinajstić information content (AvgIpc) is 2.57. The summed E-state index contributed by atoms with van der Waals surface area (Å²) in [5, 5.41) is 11.2. The Morgan fingerprint density at radius 1 is 1.67 bits per heavy atom. The first kappa shape index (κ1) is 9.71. The molecular weight excluding hydrogens is 170 g/mol. The zero-order valence-electron chi connectivity index (χ0n) is 7.29. The van der Waals surface area contributed by atoms with Crippen LogP contribution in [0.2, 0.25) is 0 Å². The maximum absolute atomic E-state index is 9.11. The highest BCUT2D eigenvalue weighted by Gasteiger charge is 2.22. The Balaban J connectivity index is 2.60. The minimum Gasteiger partial charge on any atom is -0.396 e. The van der Waals surface area contributed by atoms with Gasteiger partial charge in [0.05, 0.1) is 0 Å². The van der Waals surface area contributed by atoms with Crippen molar-refractivity contribution in [1.82, 2.24) is 0 Å². The molecule has 0 unspecified atom stereocenters. The maximum atomic E-state index is 9.11. The van der Waals surface area contributed by atoms with E-state index in [-0.39, 0.29) is 12.0 Å². The van der Waals surface area contributed by atoms with Gasteiger partial charge in [-0.3, -0.25) is 0 Å². The first-order valence-corrected chi connectivity index (χ1v) is 4.91. The second-order valence-electron chi connectivity index (χ2n) is 3.43. The Bertz CT molecular complexity index is 216. The number of aliphatic hydroxyl groups is 1. The summed E-state index contributed by atoms with van der Waals surface area (Å²) in [4.78, 5) is 1.29. The molecule has 2 nitrogen and oxygen atoms in total. The van der Waals surface area contributed by atoms with Gasteiger partial charge in [0.15, 0.2) is 0 Å². The van der Waals surface area contributed by atoms with Crippen LogP contribution in [0.25, 0.3) is 0 Å². The number of nitrogens with two attached hydrogens (primary N) is 1. The van der Waals surface area contributed by atoms with Gasteiger partial charge in [-0.25, -0.2) is 0 Å². The van der Waals surface area contributed by atoms with Crippen LogP contribution < -0.4 is 5.73 Å². The number of aliphatic hydroxyl groups excluding tert-OH is 1. The first-order chi connectivity index (χ1) is 5.70. The predicted molar refractivity (Wildman–Crippen MR) is 52.3 cm³/mol. The van der Waals surface area contributed by atoms with Crippen molar-refractivity contribution in [3.05, 3.63) is 22.4 Å². The van der Waals surface area contributed by atoms with Crippen LogP contribution in [0.1, 0.15) is 11.8 Å². The molecule has 0 aliphatic rings. The van der Waals surface area contributed by atoms with Crippen LogP contribution in [0.4, 0.5) is 0 Å². The molecule has 0 radical (unpaired) electrons. The SMILES string of the molecule is C[C@@](CN)(CO)Cc1cccs1. The van der Waals surface area contributed by atoms with Crippen molar-refractivity contribution >= 4 is 11.3 Å². The van der Waals surface area contributed by atoms with Crippen molar-refractivity contribution < 1.29 is 5.11 Å². The number of hydrogen-bond donors (Lipinski definition) is 2. The van der Waals surface area contributed by atoms with E-state index in [4.69, 9.17) is 10.8 Å². The van der Waals surface area contributed by atoms with Crippen LogP contribution in [0.5, 0.6) is 0 Å². The van der Waals surface area contributed by atoms with Gasteiger partial charge in [0.2, 0.25) is 0 Å². The van der Waals surface area contributed by atoms with E-state index in [2.05, 4.69) is 6.07 Å². The quantitative estimate of drug-likeness (QED) is 0.741. The summed E-state index contributed by atoms with van der Waals surface area (Å²) in [5.74, 6) is 0. The highest BCUT2D eigenvalue weighted by Crippen LogP contribution is 2.23. The smallest absolute Gasteiger partial charge is 0.0500 e. The Kier molecular flexibility index (Phi) is 3.26. The molecule has 0 amide bonds. The molecule has 1 atom stereocenters. The molecule has 0 aromatic carbocycles. The van der Waals surface area contributed by atoms with Gasteiger partial charge in [-0.1, -0.05) is 13.0 Å². The summed E-state index contributed by atoms with van der Waals surface area (Å²) < 4.78 is 0. The van der Waals surface area contributed by atoms with E-state index < -0.39 is 0 Å². The highest BCUT2D eigenvalue weighted by molar-refractivity contribution is 7.09. The topological polar surface area (TPSA) is 46.2 Å². The van der Waals surface area contributed by atoms with Gasteiger partial charge in [0, 0.05) is 23.4 Å². The van der Waals surface area contributed by atoms with Crippen LogP contribution in [0, 0.1) is 5.41 Å². The van der Waals surface area contributed by atoms with E-state index in [9.17, 15) is 0 Å². The van der Waals surface area contributed by atoms with Crippen LogP contribution in [-0.4, -0.2) is 18.3 Å². The van der Waals surface area contributed by atoms with E-state index in [1.54, 1.807) is 11.3 Å². The summed E-state index contributed by atoms with van der Waals surface area (Å²) in [7, 11) is 0. The standard InChI is InChI=1S/C9H15NOS/c1-9(6-10,7-11)5-8-3-2-4-12-8/h2-4,11H,5-7,10H2,1H3/t9-/m1/s1. The fourth-order valence-electron chi connectivity index (χ4n) is 1.03. The fourth-order valence-corrected chi connectivity index (χ4v) is 1.95. The molecule has 0 fully saturated rings. The number of thiophene rings is 1. The van der Waals surface area contributed by atoms with E-state index in [0.717, 1.165) is 6.42 Å². The summed E-state index contributed by atoms with van der Waals surface area (Å²) in [6, 6.07) is 4.10. The molecule has 1 aromatic heterocycles. The molecule has 3 N–H and O–H groups in total.